The van der Waals surface area contributed by atoms with Crippen molar-refractivity contribution in [3.8, 4) is 0 Å². The molecule has 0 radical (unpaired) electrons. The number of hydrogen-bond donors (Lipinski definition) is 1. The molecule has 3 nitrogen and oxygen atoms in total. The SMILES string of the molecule is CC1(C)CC(=O)CC(=NC[C@@H]2[NH2+]CCc3ccccc32)C1. The van der Waals surface area contributed by atoms with Gasteiger partial charge in [0.25, 0.3) is 0 Å². The Labute approximate surface area is 126 Å². The quantitative estimate of drug-likeness (QED) is 0.888. The van der Waals surface area contributed by atoms with Crippen LogP contribution in [0.2, 0.25) is 0 Å². The predicted molar refractivity (Wildman–Crippen MR) is 84.6 cm³/mol. The van der Waals surface area contributed by atoms with Crippen LogP contribution in [0.1, 0.15) is 50.3 Å². The number of quaternary nitrogens is 1. The molecular weight excluding hydrogens is 260 g/mol. The Morgan fingerprint density at radius 2 is 2.10 bits per heavy atom. The third-order valence-corrected chi connectivity index (χ3v) is 4.59. The molecule has 1 atom stereocenters. The monoisotopic (exact) mass is 285 g/mol. The van der Waals surface area contributed by atoms with Crippen LogP contribution >= 0.6 is 0 Å². The van der Waals surface area contributed by atoms with E-state index in [-0.39, 0.29) is 5.41 Å². The predicted octanol–water partition coefficient (Wildman–Crippen LogP) is 2.07. The molecule has 0 saturated heterocycles. The average Bonchev–Trinajstić information content (AvgIpc) is 2.43. The fourth-order valence-electron chi connectivity index (χ4n) is 3.70. The lowest BCUT2D eigenvalue weighted by atomic mass is 9.76. The fraction of sp³-hybridized carbons (Fsp3) is 0.556. The Balaban J connectivity index is 1.73. The molecule has 0 bridgehead atoms. The highest BCUT2D eigenvalue weighted by Gasteiger charge is 2.30. The molecule has 1 saturated carbocycles. The topological polar surface area (TPSA) is 46.0 Å². The Hall–Kier alpha value is -1.48. The minimum absolute atomic E-state index is 0.0857. The maximum absolute atomic E-state index is 11.8. The smallest absolute Gasteiger partial charge is 0.139 e. The second-order valence-corrected chi connectivity index (χ2v) is 7.22. The first-order valence-electron chi connectivity index (χ1n) is 7.98. The Kier molecular flexibility index (Phi) is 3.94. The zero-order chi connectivity index (χ0) is 14.9. The maximum Gasteiger partial charge on any atom is 0.139 e. The number of nitrogens with two attached hydrogens (primary N) is 1. The molecule has 3 rings (SSSR count). The van der Waals surface area contributed by atoms with Crippen LogP contribution in [0.15, 0.2) is 29.3 Å². The highest BCUT2D eigenvalue weighted by molar-refractivity contribution is 6.04. The highest BCUT2D eigenvalue weighted by atomic mass is 16.1. The zero-order valence-corrected chi connectivity index (χ0v) is 13.1. The van der Waals surface area contributed by atoms with Crippen molar-refractivity contribution in [3.05, 3.63) is 35.4 Å². The molecule has 1 heterocycles. The number of fused-ring (bicyclic) bond motifs is 1. The van der Waals surface area contributed by atoms with E-state index in [1.54, 1.807) is 0 Å². The van der Waals surface area contributed by atoms with Crippen LogP contribution in [-0.2, 0) is 11.2 Å². The molecule has 2 aliphatic rings. The minimum Gasteiger partial charge on any atom is -0.338 e. The Morgan fingerprint density at radius 3 is 2.90 bits per heavy atom. The van der Waals surface area contributed by atoms with Crippen molar-refractivity contribution in [2.24, 2.45) is 10.4 Å². The summed E-state index contributed by atoms with van der Waals surface area (Å²) in [4.78, 5) is 16.7. The number of nitrogens with zero attached hydrogens (tertiary/aromatic N) is 1. The summed E-state index contributed by atoms with van der Waals surface area (Å²) in [6.07, 6.45) is 3.38. The van der Waals surface area contributed by atoms with E-state index in [1.165, 1.54) is 11.1 Å². The van der Waals surface area contributed by atoms with Gasteiger partial charge in [-0.05, 0) is 17.4 Å². The molecule has 0 spiro atoms. The minimum atomic E-state index is 0.0857. The van der Waals surface area contributed by atoms with Crippen molar-refractivity contribution in [1.29, 1.82) is 0 Å². The summed E-state index contributed by atoms with van der Waals surface area (Å²) >= 11 is 0. The number of ketones is 1. The lowest BCUT2D eigenvalue weighted by Crippen LogP contribution is -2.87. The molecule has 1 aliphatic heterocycles. The standard InChI is InChI=1S/C18H24N2O/c1-18(2)10-14(9-15(21)11-18)20-12-17-16-6-4-3-5-13(16)7-8-19-17/h3-6,17,19H,7-12H2,1-2H3/p+1/t17-/m0/s1. The van der Waals surface area contributed by atoms with Gasteiger partial charge in [0.2, 0.25) is 0 Å². The third kappa shape index (κ3) is 3.41. The molecule has 1 aromatic carbocycles. The van der Waals surface area contributed by atoms with E-state index in [4.69, 9.17) is 4.99 Å². The van der Waals surface area contributed by atoms with Gasteiger partial charge in [-0.1, -0.05) is 38.1 Å². The molecule has 1 aliphatic carbocycles. The Bertz CT molecular complexity index is 574. The fourth-order valence-corrected chi connectivity index (χ4v) is 3.70. The number of carbonyl (C=O) groups is 1. The van der Waals surface area contributed by atoms with Crippen molar-refractivity contribution in [2.45, 2.75) is 45.6 Å². The number of rotatable bonds is 2. The molecule has 1 aromatic rings. The van der Waals surface area contributed by atoms with E-state index in [0.29, 0.717) is 24.7 Å². The number of carbonyl (C=O) groups excluding carboxylic acids is 1. The van der Waals surface area contributed by atoms with E-state index in [9.17, 15) is 4.79 Å². The summed E-state index contributed by atoms with van der Waals surface area (Å²) in [7, 11) is 0. The van der Waals surface area contributed by atoms with Crippen LogP contribution in [0.4, 0.5) is 0 Å². The molecule has 2 N–H and O–H groups in total. The molecule has 0 amide bonds. The molecule has 21 heavy (non-hydrogen) atoms. The van der Waals surface area contributed by atoms with E-state index in [0.717, 1.165) is 31.6 Å². The van der Waals surface area contributed by atoms with Crippen molar-refractivity contribution >= 4 is 11.5 Å². The molecule has 0 aromatic heterocycles. The van der Waals surface area contributed by atoms with Gasteiger partial charge in [0, 0.05) is 30.5 Å². The summed E-state index contributed by atoms with van der Waals surface area (Å²) in [5.74, 6) is 0.345. The van der Waals surface area contributed by atoms with Crippen molar-refractivity contribution in [2.75, 3.05) is 13.1 Å². The summed E-state index contributed by atoms with van der Waals surface area (Å²) in [6.45, 7) is 6.27. The first kappa shape index (κ1) is 14.5. The van der Waals surface area contributed by atoms with Gasteiger partial charge in [-0.3, -0.25) is 9.79 Å². The van der Waals surface area contributed by atoms with Crippen LogP contribution in [-0.4, -0.2) is 24.6 Å². The molecule has 3 heteroatoms. The van der Waals surface area contributed by atoms with E-state index >= 15 is 0 Å². The first-order chi connectivity index (χ1) is 10.0. The summed E-state index contributed by atoms with van der Waals surface area (Å²) in [5, 5.41) is 2.39. The van der Waals surface area contributed by atoms with Gasteiger partial charge in [-0.2, -0.15) is 0 Å². The highest BCUT2D eigenvalue weighted by Crippen LogP contribution is 2.32. The number of hydrogen-bond acceptors (Lipinski definition) is 2. The van der Waals surface area contributed by atoms with Crippen molar-refractivity contribution < 1.29 is 10.1 Å². The van der Waals surface area contributed by atoms with Crippen LogP contribution in [0.5, 0.6) is 0 Å². The largest absolute Gasteiger partial charge is 0.338 e. The van der Waals surface area contributed by atoms with E-state index in [1.807, 2.05) is 0 Å². The third-order valence-electron chi connectivity index (χ3n) is 4.59. The van der Waals surface area contributed by atoms with Crippen LogP contribution < -0.4 is 5.32 Å². The lowest BCUT2D eigenvalue weighted by molar-refractivity contribution is -0.696. The molecule has 0 unspecified atom stereocenters. The number of aliphatic imine (C=N–C) groups is 1. The summed E-state index contributed by atoms with van der Waals surface area (Å²) < 4.78 is 0. The second kappa shape index (κ2) is 5.72. The summed E-state index contributed by atoms with van der Waals surface area (Å²) in [5.41, 5.74) is 4.08. The second-order valence-electron chi connectivity index (χ2n) is 7.22. The van der Waals surface area contributed by atoms with Crippen LogP contribution in [0.3, 0.4) is 0 Å². The van der Waals surface area contributed by atoms with Crippen molar-refractivity contribution in [3.63, 3.8) is 0 Å². The van der Waals surface area contributed by atoms with Crippen LogP contribution in [0.25, 0.3) is 0 Å². The van der Waals surface area contributed by atoms with Gasteiger partial charge in [0.1, 0.15) is 11.8 Å². The maximum atomic E-state index is 11.8. The van der Waals surface area contributed by atoms with Gasteiger partial charge < -0.3 is 5.32 Å². The van der Waals surface area contributed by atoms with E-state index < -0.39 is 0 Å². The first-order valence-corrected chi connectivity index (χ1v) is 7.98. The van der Waals surface area contributed by atoms with Gasteiger partial charge in [0.05, 0.1) is 13.1 Å². The lowest BCUT2D eigenvalue weighted by Gasteiger charge is -2.30. The van der Waals surface area contributed by atoms with Gasteiger partial charge in [0.15, 0.2) is 0 Å². The average molecular weight is 285 g/mol. The van der Waals surface area contributed by atoms with Crippen molar-refractivity contribution in [1.82, 2.24) is 0 Å². The molecular formula is C18H25N2O+. The normalized spacial score (nSPS) is 26.7. The van der Waals surface area contributed by atoms with Gasteiger partial charge in [-0.25, -0.2) is 0 Å². The zero-order valence-electron chi connectivity index (χ0n) is 13.1. The van der Waals surface area contributed by atoms with Gasteiger partial charge >= 0.3 is 0 Å². The molecule has 1 fully saturated rings. The van der Waals surface area contributed by atoms with E-state index in [2.05, 4.69) is 43.4 Å². The number of benzene rings is 1. The summed E-state index contributed by atoms with van der Waals surface area (Å²) in [6, 6.07) is 9.12. The van der Waals surface area contributed by atoms with Gasteiger partial charge in [-0.15, -0.1) is 0 Å². The van der Waals surface area contributed by atoms with Crippen LogP contribution in [0, 0.1) is 5.41 Å². The Morgan fingerprint density at radius 1 is 1.29 bits per heavy atom. The molecule has 112 valence electrons. The number of Topliss-reactive ketones (excluding diaryl/α,β-unsaturated/α-hetero) is 1.